The van der Waals surface area contributed by atoms with Crippen molar-refractivity contribution in [1.29, 1.82) is 0 Å². The predicted octanol–water partition coefficient (Wildman–Crippen LogP) is 4.56. The lowest BCUT2D eigenvalue weighted by atomic mass is 10.1. The Morgan fingerprint density at radius 1 is 1.00 bits per heavy atom. The summed E-state index contributed by atoms with van der Waals surface area (Å²) in [7, 11) is 0. The van der Waals surface area contributed by atoms with Crippen LogP contribution < -0.4 is 5.32 Å². The van der Waals surface area contributed by atoms with E-state index in [0.717, 1.165) is 24.3 Å². The second kappa shape index (κ2) is 6.56. The molecule has 0 bridgehead atoms. The van der Waals surface area contributed by atoms with Crippen molar-refractivity contribution in [2.45, 2.75) is 6.10 Å². The maximum atomic E-state index is 13.1. The Hall–Kier alpha value is -1.43. The van der Waals surface area contributed by atoms with E-state index in [9.17, 15) is 18.3 Å². The smallest absolute Gasteiger partial charge is 0.159 e. The second-order valence-corrected chi connectivity index (χ2v) is 5.13. The fourth-order valence-corrected chi connectivity index (χ4v) is 2.34. The van der Waals surface area contributed by atoms with E-state index in [-0.39, 0.29) is 27.8 Å². The Bertz CT molecular complexity index is 644. The molecule has 7 heteroatoms. The number of hydrogen-bond acceptors (Lipinski definition) is 2. The molecule has 2 aromatic carbocycles. The van der Waals surface area contributed by atoms with E-state index in [1.165, 1.54) is 6.07 Å². The number of benzene rings is 2. The molecule has 0 radical (unpaired) electrons. The first-order valence-electron chi connectivity index (χ1n) is 5.90. The zero-order valence-corrected chi connectivity index (χ0v) is 12.0. The van der Waals surface area contributed by atoms with Crippen molar-refractivity contribution in [2.75, 3.05) is 11.9 Å². The zero-order valence-electron chi connectivity index (χ0n) is 10.5. The Morgan fingerprint density at radius 3 is 2.19 bits per heavy atom. The van der Waals surface area contributed by atoms with Crippen molar-refractivity contribution in [3.05, 3.63) is 63.4 Å². The lowest BCUT2D eigenvalue weighted by Crippen LogP contribution is -2.13. The molecule has 0 aliphatic heterocycles. The minimum absolute atomic E-state index is 0.0532. The highest BCUT2D eigenvalue weighted by molar-refractivity contribution is 6.39. The molecule has 0 spiro atoms. The molecule has 0 amide bonds. The minimum atomic E-state index is -1.11. The van der Waals surface area contributed by atoms with Gasteiger partial charge in [0.15, 0.2) is 11.6 Å². The van der Waals surface area contributed by atoms with Crippen LogP contribution in [0.3, 0.4) is 0 Å². The molecule has 0 fully saturated rings. The fraction of sp³-hybridized carbons (Fsp3) is 0.143. The summed E-state index contributed by atoms with van der Waals surface area (Å²) in [6.45, 7) is -0.0594. The Labute approximate surface area is 129 Å². The van der Waals surface area contributed by atoms with Crippen molar-refractivity contribution < 1.29 is 18.3 Å². The normalized spacial score (nSPS) is 12.3. The number of aliphatic hydroxyl groups excluding tert-OH is 1. The van der Waals surface area contributed by atoms with Crippen LogP contribution in [0.25, 0.3) is 0 Å². The topological polar surface area (TPSA) is 32.3 Å². The molecule has 1 atom stereocenters. The second-order valence-electron chi connectivity index (χ2n) is 4.31. The molecule has 2 N–H and O–H groups in total. The monoisotopic (exact) mass is 335 g/mol. The average Bonchev–Trinajstić information content (AvgIpc) is 2.40. The van der Waals surface area contributed by atoms with Crippen molar-refractivity contribution >= 4 is 28.9 Å². The molecule has 2 nitrogen and oxygen atoms in total. The molecule has 0 aromatic heterocycles. The molecular weight excluding hydrogens is 326 g/mol. The van der Waals surface area contributed by atoms with Crippen molar-refractivity contribution in [3.63, 3.8) is 0 Å². The van der Waals surface area contributed by atoms with Crippen LogP contribution in [0.1, 0.15) is 11.7 Å². The summed E-state index contributed by atoms with van der Waals surface area (Å²) in [5.41, 5.74) is 0.442. The first kappa shape index (κ1) is 15.9. The molecule has 0 aliphatic carbocycles. The molecular formula is C14H10Cl2F3NO. The number of halogens is 5. The lowest BCUT2D eigenvalue weighted by molar-refractivity contribution is 0.191. The van der Waals surface area contributed by atoms with Gasteiger partial charge in [0.1, 0.15) is 5.82 Å². The van der Waals surface area contributed by atoms with Crippen molar-refractivity contribution in [1.82, 2.24) is 0 Å². The summed E-state index contributed by atoms with van der Waals surface area (Å²) < 4.78 is 38.9. The SMILES string of the molecule is OC(CNc1c(Cl)cc(F)cc1Cl)c1ccc(F)c(F)c1. The highest BCUT2D eigenvalue weighted by Crippen LogP contribution is 2.31. The van der Waals surface area contributed by atoms with E-state index >= 15 is 0 Å². The summed E-state index contributed by atoms with van der Waals surface area (Å²) in [5, 5.41) is 12.8. The average molecular weight is 336 g/mol. The van der Waals surface area contributed by atoms with Crippen LogP contribution in [-0.4, -0.2) is 11.7 Å². The highest BCUT2D eigenvalue weighted by atomic mass is 35.5. The zero-order chi connectivity index (χ0) is 15.6. The number of aliphatic hydroxyl groups is 1. The standard InChI is InChI=1S/C14H10Cl2F3NO/c15-9-4-8(17)5-10(16)14(9)20-6-13(21)7-1-2-11(18)12(19)3-7/h1-5,13,20-21H,6H2. The van der Waals surface area contributed by atoms with E-state index in [2.05, 4.69) is 5.32 Å². The van der Waals surface area contributed by atoms with Gasteiger partial charge in [-0.05, 0) is 29.8 Å². The highest BCUT2D eigenvalue weighted by Gasteiger charge is 2.13. The predicted molar refractivity (Wildman–Crippen MR) is 76.2 cm³/mol. The summed E-state index contributed by atoms with van der Waals surface area (Å²) in [6, 6.07) is 5.22. The molecule has 112 valence electrons. The van der Waals surface area contributed by atoms with Crippen LogP contribution in [-0.2, 0) is 0 Å². The maximum Gasteiger partial charge on any atom is 0.159 e. The summed E-state index contributed by atoms with van der Waals surface area (Å²) in [5.74, 6) is -2.63. The van der Waals surface area contributed by atoms with E-state index in [4.69, 9.17) is 23.2 Å². The summed E-state index contributed by atoms with van der Waals surface area (Å²) >= 11 is 11.7. The number of rotatable bonds is 4. The third-order valence-corrected chi connectivity index (χ3v) is 3.40. The van der Waals surface area contributed by atoms with E-state index < -0.39 is 23.6 Å². The first-order chi connectivity index (χ1) is 9.88. The van der Waals surface area contributed by atoms with Gasteiger partial charge in [-0.1, -0.05) is 29.3 Å². The van der Waals surface area contributed by atoms with Gasteiger partial charge in [-0.15, -0.1) is 0 Å². The third-order valence-electron chi connectivity index (χ3n) is 2.81. The molecule has 0 saturated carbocycles. The quantitative estimate of drug-likeness (QED) is 0.858. The van der Waals surface area contributed by atoms with Crippen molar-refractivity contribution in [3.8, 4) is 0 Å². The molecule has 0 heterocycles. The van der Waals surface area contributed by atoms with Gasteiger partial charge >= 0.3 is 0 Å². The van der Waals surface area contributed by atoms with Crippen LogP contribution in [0.2, 0.25) is 10.0 Å². The van der Waals surface area contributed by atoms with Gasteiger partial charge < -0.3 is 10.4 Å². The minimum Gasteiger partial charge on any atom is -0.387 e. The number of nitrogens with one attached hydrogen (secondary N) is 1. The van der Waals surface area contributed by atoms with E-state index in [0.29, 0.717) is 0 Å². The molecule has 21 heavy (non-hydrogen) atoms. The van der Waals surface area contributed by atoms with E-state index in [1.807, 2.05) is 0 Å². The summed E-state index contributed by atoms with van der Waals surface area (Å²) in [6.07, 6.45) is -1.11. The van der Waals surface area contributed by atoms with Gasteiger partial charge in [0.25, 0.3) is 0 Å². The van der Waals surface area contributed by atoms with Gasteiger partial charge in [-0.25, -0.2) is 13.2 Å². The number of hydrogen-bond donors (Lipinski definition) is 2. The Kier molecular flexibility index (Phi) is 4.98. The third kappa shape index (κ3) is 3.81. The Morgan fingerprint density at radius 2 is 1.62 bits per heavy atom. The van der Waals surface area contributed by atoms with Crippen LogP contribution in [0.4, 0.5) is 18.9 Å². The molecule has 0 aliphatic rings. The molecule has 2 rings (SSSR count). The van der Waals surface area contributed by atoms with Gasteiger partial charge in [0.2, 0.25) is 0 Å². The van der Waals surface area contributed by atoms with Crippen molar-refractivity contribution in [2.24, 2.45) is 0 Å². The maximum absolute atomic E-state index is 13.1. The van der Waals surface area contributed by atoms with Gasteiger partial charge in [0, 0.05) is 6.54 Å². The van der Waals surface area contributed by atoms with Gasteiger partial charge in [-0.3, -0.25) is 0 Å². The lowest BCUT2D eigenvalue weighted by Gasteiger charge is -2.15. The summed E-state index contributed by atoms with van der Waals surface area (Å²) in [4.78, 5) is 0. The van der Waals surface area contributed by atoms with Crippen LogP contribution in [0.15, 0.2) is 30.3 Å². The largest absolute Gasteiger partial charge is 0.387 e. The molecule has 1 unspecified atom stereocenters. The number of anilines is 1. The fourth-order valence-electron chi connectivity index (χ4n) is 1.75. The molecule has 0 saturated heterocycles. The molecule has 2 aromatic rings. The van der Waals surface area contributed by atoms with Crippen LogP contribution in [0.5, 0.6) is 0 Å². The van der Waals surface area contributed by atoms with Gasteiger partial charge in [0.05, 0.1) is 21.8 Å². The van der Waals surface area contributed by atoms with Crippen LogP contribution in [0, 0.1) is 17.5 Å². The van der Waals surface area contributed by atoms with Crippen LogP contribution >= 0.6 is 23.2 Å². The van der Waals surface area contributed by atoms with E-state index in [1.54, 1.807) is 0 Å². The first-order valence-corrected chi connectivity index (χ1v) is 6.65. The Balaban J connectivity index is 2.11. The van der Waals surface area contributed by atoms with Gasteiger partial charge in [-0.2, -0.15) is 0 Å².